The van der Waals surface area contributed by atoms with Gasteiger partial charge in [0.25, 0.3) is 0 Å². The summed E-state index contributed by atoms with van der Waals surface area (Å²) in [5.74, 6) is 0.359. The van der Waals surface area contributed by atoms with Crippen LogP contribution >= 0.6 is 0 Å². The molecule has 0 bridgehead atoms. The maximum Gasteiger partial charge on any atom is 0.409 e. The van der Waals surface area contributed by atoms with Crippen LogP contribution in [0.5, 0.6) is 0 Å². The Morgan fingerprint density at radius 2 is 2.08 bits per heavy atom. The molecular weight excluding hydrogens is 318 g/mol. The van der Waals surface area contributed by atoms with Gasteiger partial charge in [-0.15, -0.1) is 0 Å². The second-order valence-electron chi connectivity index (χ2n) is 6.75. The molecule has 1 amide bonds. The molecule has 7 heteroatoms. The molecule has 0 spiro atoms. The largest absolute Gasteiger partial charge is 0.449 e. The van der Waals surface area contributed by atoms with E-state index in [0.717, 1.165) is 36.5 Å². The maximum absolute atomic E-state index is 12.0. The van der Waals surface area contributed by atoms with Crippen LogP contribution in [0.2, 0.25) is 0 Å². The second-order valence-corrected chi connectivity index (χ2v) is 6.75. The van der Waals surface area contributed by atoms with Crippen LogP contribution in [0, 0.1) is 5.92 Å². The first-order valence-corrected chi connectivity index (χ1v) is 8.70. The molecule has 1 aliphatic rings. The van der Waals surface area contributed by atoms with Crippen molar-refractivity contribution < 1.29 is 9.53 Å². The number of rotatable bonds is 5. The summed E-state index contributed by atoms with van der Waals surface area (Å²) in [6, 6.07) is 3.94. The molecule has 0 saturated carbocycles. The number of aromatic amines is 1. The molecule has 2 aromatic rings. The molecule has 1 saturated heterocycles. The number of piperazine rings is 1. The molecule has 3 rings (SSSR count). The number of amides is 1. The Hall–Kier alpha value is -2.41. The van der Waals surface area contributed by atoms with Crippen molar-refractivity contribution in [2.45, 2.75) is 20.4 Å². The van der Waals surface area contributed by atoms with Crippen molar-refractivity contribution in [1.82, 2.24) is 25.0 Å². The minimum absolute atomic E-state index is 0.201. The van der Waals surface area contributed by atoms with Crippen LogP contribution in [-0.2, 0) is 11.3 Å². The molecular formula is C18H25N5O2. The molecule has 25 heavy (non-hydrogen) atoms. The molecule has 7 nitrogen and oxygen atoms in total. The summed E-state index contributed by atoms with van der Waals surface area (Å²) in [6.45, 7) is 8.39. The zero-order valence-corrected chi connectivity index (χ0v) is 14.8. The summed E-state index contributed by atoms with van der Waals surface area (Å²) in [5, 5.41) is 7.25. The van der Waals surface area contributed by atoms with E-state index in [4.69, 9.17) is 4.74 Å². The molecule has 0 aromatic carbocycles. The SMILES string of the molecule is CC(C)COC(=O)N1CCN(Cc2cn[nH]c2-c2cccnc2)CC1. The van der Waals surface area contributed by atoms with E-state index in [1.807, 2.05) is 38.4 Å². The van der Waals surface area contributed by atoms with E-state index in [0.29, 0.717) is 25.6 Å². The number of hydrogen-bond acceptors (Lipinski definition) is 5. The third-order valence-electron chi connectivity index (χ3n) is 4.23. The highest BCUT2D eigenvalue weighted by atomic mass is 16.6. The molecule has 3 heterocycles. The van der Waals surface area contributed by atoms with Gasteiger partial charge in [0.2, 0.25) is 0 Å². The molecule has 0 aliphatic carbocycles. The first-order chi connectivity index (χ1) is 12.1. The van der Waals surface area contributed by atoms with Crippen molar-refractivity contribution in [1.29, 1.82) is 0 Å². The van der Waals surface area contributed by atoms with E-state index in [9.17, 15) is 4.79 Å². The molecule has 0 radical (unpaired) electrons. The van der Waals surface area contributed by atoms with Gasteiger partial charge in [0, 0.05) is 56.2 Å². The molecule has 134 valence electrons. The van der Waals surface area contributed by atoms with E-state index in [1.54, 1.807) is 11.1 Å². The Balaban J connectivity index is 1.53. The Morgan fingerprint density at radius 1 is 1.28 bits per heavy atom. The highest BCUT2D eigenvalue weighted by Crippen LogP contribution is 2.21. The first kappa shape index (κ1) is 17.4. The summed E-state index contributed by atoms with van der Waals surface area (Å²) >= 11 is 0. The number of pyridine rings is 1. The normalized spacial score (nSPS) is 15.6. The summed E-state index contributed by atoms with van der Waals surface area (Å²) in [6.07, 6.45) is 5.26. The van der Waals surface area contributed by atoms with Crippen LogP contribution in [0.1, 0.15) is 19.4 Å². The third-order valence-corrected chi connectivity index (χ3v) is 4.23. The van der Waals surface area contributed by atoms with Gasteiger partial charge in [-0.25, -0.2) is 4.79 Å². The van der Waals surface area contributed by atoms with E-state index in [2.05, 4.69) is 20.1 Å². The van der Waals surface area contributed by atoms with Crippen molar-refractivity contribution in [2.75, 3.05) is 32.8 Å². The fraction of sp³-hybridized carbons (Fsp3) is 0.500. The van der Waals surface area contributed by atoms with Gasteiger partial charge in [-0.1, -0.05) is 13.8 Å². The van der Waals surface area contributed by atoms with Gasteiger partial charge in [0.1, 0.15) is 0 Å². The van der Waals surface area contributed by atoms with E-state index >= 15 is 0 Å². The summed E-state index contributed by atoms with van der Waals surface area (Å²) < 4.78 is 5.31. The summed E-state index contributed by atoms with van der Waals surface area (Å²) in [4.78, 5) is 20.3. The van der Waals surface area contributed by atoms with Gasteiger partial charge in [-0.05, 0) is 18.1 Å². The van der Waals surface area contributed by atoms with Gasteiger partial charge >= 0.3 is 6.09 Å². The van der Waals surface area contributed by atoms with Gasteiger partial charge < -0.3 is 9.64 Å². The Kier molecular flexibility index (Phi) is 5.65. The van der Waals surface area contributed by atoms with E-state index in [1.165, 1.54) is 0 Å². The minimum atomic E-state index is -0.201. The van der Waals surface area contributed by atoms with Gasteiger partial charge in [0.15, 0.2) is 0 Å². The third kappa shape index (κ3) is 4.57. The van der Waals surface area contributed by atoms with Crippen LogP contribution in [-0.4, -0.2) is 63.9 Å². The van der Waals surface area contributed by atoms with E-state index < -0.39 is 0 Å². The zero-order chi connectivity index (χ0) is 17.6. The molecule has 0 atom stereocenters. The molecule has 2 aromatic heterocycles. The zero-order valence-electron chi connectivity index (χ0n) is 14.8. The smallest absolute Gasteiger partial charge is 0.409 e. The lowest BCUT2D eigenvalue weighted by atomic mass is 10.1. The quantitative estimate of drug-likeness (QED) is 0.902. The maximum atomic E-state index is 12.0. The van der Waals surface area contributed by atoms with Crippen molar-refractivity contribution >= 4 is 6.09 Å². The molecule has 1 N–H and O–H groups in total. The monoisotopic (exact) mass is 343 g/mol. The van der Waals surface area contributed by atoms with Crippen molar-refractivity contribution in [3.63, 3.8) is 0 Å². The van der Waals surface area contributed by atoms with Crippen molar-refractivity contribution in [3.8, 4) is 11.3 Å². The predicted molar refractivity (Wildman–Crippen MR) is 94.9 cm³/mol. The fourth-order valence-electron chi connectivity index (χ4n) is 2.85. The number of ether oxygens (including phenoxy) is 1. The summed E-state index contributed by atoms with van der Waals surface area (Å²) in [7, 11) is 0. The number of aromatic nitrogens is 3. The van der Waals surface area contributed by atoms with Gasteiger partial charge in [-0.2, -0.15) is 5.10 Å². The molecule has 1 aliphatic heterocycles. The Bertz CT molecular complexity index is 678. The second kappa shape index (κ2) is 8.11. The lowest BCUT2D eigenvalue weighted by Crippen LogP contribution is -2.48. The summed E-state index contributed by atoms with van der Waals surface area (Å²) in [5.41, 5.74) is 3.18. The Morgan fingerprint density at radius 3 is 2.76 bits per heavy atom. The van der Waals surface area contributed by atoms with Crippen LogP contribution < -0.4 is 0 Å². The molecule has 0 unspecified atom stereocenters. The van der Waals surface area contributed by atoms with Gasteiger partial charge in [-0.3, -0.25) is 15.0 Å². The fourth-order valence-corrected chi connectivity index (χ4v) is 2.85. The minimum Gasteiger partial charge on any atom is -0.449 e. The number of carbonyl (C=O) groups is 1. The number of H-pyrrole nitrogens is 1. The number of carbonyl (C=O) groups excluding carboxylic acids is 1. The lowest BCUT2D eigenvalue weighted by Gasteiger charge is -2.34. The topological polar surface area (TPSA) is 74.3 Å². The average molecular weight is 343 g/mol. The highest BCUT2D eigenvalue weighted by Gasteiger charge is 2.23. The first-order valence-electron chi connectivity index (χ1n) is 8.70. The van der Waals surface area contributed by atoms with Crippen molar-refractivity contribution in [3.05, 3.63) is 36.3 Å². The number of hydrogen-bond donors (Lipinski definition) is 1. The van der Waals surface area contributed by atoms with E-state index in [-0.39, 0.29) is 6.09 Å². The Labute approximate surface area is 148 Å². The number of nitrogens with zero attached hydrogens (tertiary/aromatic N) is 4. The average Bonchev–Trinajstić information content (AvgIpc) is 3.09. The number of nitrogens with one attached hydrogen (secondary N) is 1. The van der Waals surface area contributed by atoms with Crippen LogP contribution in [0.25, 0.3) is 11.3 Å². The van der Waals surface area contributed by atoms with Gasteiger partial charge in [0.05, 0.1) is 18.5 Å². The highest BCUT2D eigenvalue weighted by molar-refractivity contribution is 5.67. The predicted octanol–water partition coefficient (Wildman–Crippen LogP) is 2.38. The lowest BCUT2D eigenvalue weighted by molar-refractivity contribution is 0.0676. The standard InChI is InChI=1S/C18H25N5O2/c1-14(2)13-25-18(24)23-8-6-22(7-9-23)12-16-11-20-21-17(16)15-4-3-5-19-10-15/h3-5,10-11,14H,6-9,12-13H2,1-2H3,(H,20,21). The van der Waals surface area contributed by atoms with Crippen molar-refractivity contribution in [2.24, 2.45) is 5.92 Å². The van der Waals surface area contributed by atoms with Crippen LogP contribution in [0.3, 0.4) is 0 Å². The van der Waals surface area contributed by atoms with Crippen LogP contribution in [0.15, 0.2) is 30.7 Å². The van der Waals surface area contributed by atoms with Crippen LogP contribution in [0.4, 0.5) is 4.79 Å². The molecule has 1 fully saturated rings.